The van der Waals surface area contributed by atoms with Crippen molar-refractivity contribution in [3.63, 3.8) is 0 Å². The molecule has 116 valence electrons. The van der Waals surface area contributed by atoms with E-state index in [1.807, 2.05) is 6.92 Å². The average molecular weight is 305 g/mol. The van der Waals surface area contributed by atoms with Gasteiger partial charge in [0.25, 0.3) is 0 Å². The van der Waals surface area contributed by atoms with Gasteiger partial charge in [-0.1, -0.05) is 13.3 Å². The molecule has 1 aliphatic rings. The minimum absolute atomic E-state index is 0.100. The summed E-state index contributed by atoms with van der Waals surface area (Å²) in [4.78, 5) is 24.9. The van der Waals surface area contributed by atoms with Crippen LogP contribution < -0.4 is 0 Å². The van der Waals surface area contributed by atoms with Crippen LogP contribution in [0.15, 0.2) is 0 Å². The van der Waals surface area contributed by atoms with Crippen molar-refractivity contribution in [2.75, 3.05) is 25.6 Å². The third-order valence-corrected chi connectivity index (χ3v) is 4.97. The van der Waals surface area contributed by atoms with Crippen molar-refractivity contribution in [2.24, 2.45) is 17.8 Å². The van der Waals surface area contributed by atoms with Crippen molar-refractivity contribution in [3.8, 4) is 0 Å². The Bertz CT molecular complexity index is 473. The molecule has 1 saturated carbocycles. The molecule has 1 aliphatic carbocycles. The molecule has 20 heavy (non-hydrogen) atoms. The van der Waals surface area contributed by atoms with E-state index in [1.165, 1.54) is 11.9 Å². The molecule has 0 radical (unpaired) electrons. The van der Waals surface area contributed by atoms with Crippen LogP contribution in [0.4, 0.5) is 0 Å². The monoisotopic (exact) mass is 305 g/mol. The highest BCUT2D eigenvalue weighted by Crippen LogP contribution is 2.39. The lowest BCUT2D eigenvalue weighted by molar-refractivity contribution is -0.148. The first-order valence-corrected chi connectivity index (χ1v) is 8.87. The number of aliphatic carboxylic acids is 1. The van der Waals surface area contributed by atoms with Crippen LogP contribution in [0.2, 0.25) is 0 Å². The Hall–Kier alpha value is -1.11. The van der Waals surface area contributed by atoms with E-state index in [2.05, 4.69) is 0 Å². The Morgan fingerprint density at radius 2 is 1.80 bits per heavy atom. The summed E-state index contributed by atoms with van der Waals surface area (Å²) in [5, 5.41) is 9.22. The first-order valence-electron chi connectivity index (χ1n) is 6.81. The standard InChI is InChI=1S/C13H23NO5S/c1-4-9-7-10(11(8-9)13(16)17)12(15)14(2)5-6-20(3,18)19/h9-11H,4-8H2,1-3H3,(H,16,17)/t9?,10-,11+/m0/s1. The first-order chi connectivity index (χ1) is 9.15. The molecule has 0 bridgehead atoms. The molecule has 0 heterocycles. The number of nitrogens with zero attached hydrogens (tertiary/aromatic N) is 1. The Balaban J connectivity index is 2.71. The summed E-state index contributed by atoms with van der Waals surface area (Å²) in [5.74, 6) is -2.20. The van der Waals surface area contributed by atoms with Crippen LogP contribution in [0.25, 0.3) is 0 Å². The van der Waals surface area contributed by atoms with Crippen molar-refractivity contribution < 1.29 is 23.1 Å². The van der Waals surface area contributed by atoms with Crippen LogP contribution in [0.3, 0.4) is 0 Å². The number of amides is 1. The molecule has 0 spiro atoms. The van der Waals surface area contributed by atoms with Gasteiger partial charge in [-0.05, 0) is 18.8 Å². The van der Waals surface area contributed by atoms with Gasteiger partial charge >= 0.3 is 5.97 Å². The molecule has 0 aromatic heterocycles. The zero-order valence-electron chi connectivity index (χ0n) is 12.2. The summed E-state index contributed by atoms with van der Waals surface area (Å²) in [6, 6.07) is 0. The SMILES string of the molecule is CCC1C[C@H](C(=O)N(C)CCS(C)(=O)=O)[C@H](C(=O)O)C1. The predicted molar refractivity (Wildman–Crippen MR) is 75.0 cm³/mol. The molecule has 1 rings (SSSR count). The zero-order valence-corrected chi connectivity index (χ0v) is 13.0. The number of carbonyl (C=O) groups is 2. The fraction of sp³-hybridized carbons (Fsp3) is 0.846. The quantitative estimate of drug-likeness (QED) is 0.777. The molecule has 0 aromatic carbocycles. The molecule has 1 amide bonds. The van der Waals surface area contributed by atoms with E-state index in [9.17, 15) is 23.1 Å². The third-order valence-electron chi connectivity index (χ3n) is 4.05. The molecule has 7 heteroatoms. The van der Waals surface area contributed by atoms with Gasteiger partial charge in [-0.25, -0.2) is 8.42 Å². The van der Waals surface area contributed by atoms with Crippen molar-refractivity contribution >= 4 is 21.7 Å². The summed E-state index contributed by atoms with van der Waals surface area (Å²) < 4.78 is 22.2. The van der Waals surface area contributed by atoms with Gasteiger partial charge in [-0.3, -0.25) is 9.59 Å². The highest BCUT2D eigenvalue weighted by atomic mass is 32.2. The molecule has 0 aliphatic heterocycles. The summed E-state index contributed by atoms with van der Waals surface area (Å²) in [6.07, 6.45) is 3.09. The minimum atomic E-state index is -3.13. The lowest BCUT2D eigenvalue weighted by Gasteiger charge is -2.23. The summed E-state index contributed by atoms with van der Waals surface area (Å²) in [6.45, 7) is 2.10. The van der Waals surface area contributed by atoms with Crippen molar-refractivity contribution in [1.29, 1.82) is 0 Å². The van der Waals surface area contributed by atoms with Gasteiger partial charge < -0.3 is 10.0 Å². The molecular formula is C13H23NO5S. The van der Waals surface area contributed by atoms with E-state index in [4.69, 9.17) is 0 Å². The smallest absolute Gasteiger partial charge is 0.307 e. The second kappa shape index (κ2) is 6.56. The van der Waals surface area contributed by atoms with Gasteiger partial charge in [0.1, 0.15) is 9.84 Å². The summed E-state index contributed by atoms with van der Waals surface area (Å²) in [5.41, 5.74) is 0. The minimum Gasteiger partial charge on any atom is -0.481 e. The largest absolute Gasteiger partial charge is 0.481 e. The van der Waals surface area contributed by atoms with Crippen LogP contribution in [-0.2, 0) is 19.4 Å². The Labute approximate surface area is 120 Å². The summed E-state index contributed by atoms with van der Waals surface area (Å²) >= 11 is 0. The lowest BCUT2D eigenvalue weighted by Crippen LogP contribution is -2.39. The number of hydrogen-bond acceptors (Lipinski definition) is 4. The molecule has 1 N–H and O–H groups in total. The van der Waals surface area contributed by atoms with E-state index >= 15 is 0 Å². The van der Waals surface area contributed by atoms with Crippen LogP contribution in [0, 0.1) is 17.8 Å². The molecule has 0 saturated heterocycles. The molecule has 3 atom stereocenters. The lowest BCUT2D eigenvalue weighted by atomic mass is 9.95. The fourth-order valence-electron chi connectivity index (χ4n) is 2.72. The normalized spacial score (nSPS) is 26.4. The van der Waals surface area contributed by atoms with E-state index < -0.39 is 27.6 Å². The number of hydrogen-bond donors (Lipinski definition) is 1. The zero-order chi connectivity index (χ0) is 15.5. The number of rotatable bonds is 6. The van der Waals surface area contributed by atoms with Crippen molar-refractivity contribution in [3.05, 3.63) is 0 Å². The van der Waals surface area contributed by atoms with Crippen LogP contribution in [0.1, 0.15) is 26.2 Å². The topological polar surface area (TPSA) is 91.8 Å². The van der Waals surface area contributed by atoms with Crippen molar-refractivity contribution in [2.45, 2.75) is 26.2 Å². The molecule has 0 aromatic rings. The molecule has 1 unspecified atom stereocenters. The Morgan fingerprint density at radius 1 is 1.25 bits per heavy atom. The maximum Gasteiger partial charge on any atom is 0.307 e. The van der Waals surface area contributed by atoms with Crippen LogP contribution in [0.5, 0.6) is 0 Å². The van der Waals surface area contributed by atoms with Crippen molar-refractivity contribution in [1.82, 2.24) is 4.90 Å². The number of carboxylic acid groups (broad SMARTS) is 1. The Morgan fingerprint density at radius 3 is 2.25 bits per heavy atom. The number of carbonyl (C=O) groups excluding carboxylic acids is 1. The second-order valence-electron chi connectivity index (χ2n) is 5.69. The van der Waals surface area contributed by atoms with E-state index in [0.717, 1.165) is 12.7 Å². The van der Waals surface area contributed by atoms with Gasteiger partial charge in [0.05, 0.1) is 17.6 Å². The van der Waals surface area contributed by atoms with E-state index in [0.29, 0.717) is 12.8 Å². The molecule has 1 fully saturated rings. The molecule has 6 nitrogen and oxygen atoms in total. The third kappa shape index (κ3) is 4.47. The fourth-order valence-corrected chi connectivity index (χ4v) is 3.32. The van der Waals surface area contributed by atoms with Crippen LogP contribution in [-0.4, -0.2) is 55.9 Å². The summed E-state index contributed by atoms with van der Waals surface area (Å²) in [7, 11) is -1.60. The van der Waals surface area contributed by atoms with Gasteiger partial charge in [0, 0.05) is 19.8 Å². The first kappa shape index (κ1) is 16.9. The van der Waals surface area contributed by atoms with E-state index in [1.54, 1.807) is 0 Å². The highest BCUT2D eigenvalue weighted by molar-refractivity contribution is 7.90. The predicted octanol–water partition coefficient (Wildman–Crippen LogP) is 0.626. The average Bonchev–Trinajstić information content (AvgIpc) is 2.78. The second-order valence-corrected chi connectivity index (χ2v) is 7.95. The van der Waals surface area contributed by atoms with Gasteiger partial charge in [-0.2, -0.15) is 0 Å². The van der Waals surface area contributed by atoms with Crippen LogP contribution >= 0.6 is 0 Å². The van der Waals surface area contributed by atoms with Gasteiger partial charge in [0.2, 0.25) is 5.91 Å². The maximum atomic E-state index is 12.3. The highest BCUT2D eigenvalue weighted by Gasteiger charge is 2.43. The molecular weight excluding hydrogens is 282 g/mol. The Kier molecular flexibility index (Phi) is 5.56. The van der Waals surface area contributed by atoms with E-state index in [-0.39, 0.29) is 24.1 Å². The van der Waals surface area contributed by atoms with Gasteiger partial charge in [0.15, 0.2) is 0 Å². The number of carboxylic acids is 1. The number of sulfone groups is 1. The maximum absolute atomic E-state index is 12.3. The van der Waals surface area contributed by atoms with Gasteiger partial charge in [-0.15, -0.1) is 0 Å².